The number of piperazine rings is 1. The number of carbonyl (C=O) groups is 2. The maximum Gasteiger partial charge on any atom is 0.282 e. The van der Waals surface area contributed by atoms with Gasteiger partial charge in [-0.2, -0.15) is 9.78 Å². The lowest BCUT2D eigenvalue weighted by Crippen LogP contribution is -2.50. The van der Waals surface area contributed by atoms with E-state index in [0.29, 0.717) is 55.2 Å². The summed E-state index contributed by atoms with van der Waals surface area (Å²) in [4.78, 5) is 41.5. The number of aromatic nitrogens is 3. The van der Waals surface area contributed by atoms with Crippen LogP contribution in [0.1, 0.15) is 30.6 Å². The van der Waals surface area contributed by atoms with Gasteiger partial charge in [-0.05, 0) is 18.6 Å². The summed E-state index contributed by atoms with van der Waals surface area (Å²) >= 11 is 0. The second-order valence-corrected chi connectivity index (χ2v) is 7.52. The topological polar surface area (TPSA) is 80.4 Å². The maximum atomic E-state index is 13.4. The number of rotatable bonds is 4. The van der Waals surface area contributed by atoms with E-state index in [-0.39, 0.29) is 17.4 Å². The van der Waals surface area contributed by atoms with E-state index in [9.17, 15) is 14.4 Å². The fraction of sp³-hybridized carbons (Fsp3) is 0.364. The summed E-state index contributed by atoms with van der Waals surface area (Å²) in [6, 6.07) is 9.20. The van der Waals surface area contributed by atoms with Gasteiger partial charge in [-0.1, -0.05) is 25.1 Å². The van der Waals surface area contributed by atoms with E-state index in [2.05, 4.69) is 5.10 Å². The number of hydrogen-bond acceptors (Lipinski definition) is 4. The Bertz CT molecular complexity index is 1090. The Hall–Kier alpha value is -3.42. The average molecular weight is 407 g/mol. The second-order valence-electron chi connectivity index (χ2n) is 7.52. The van der Waals surface area contributed by atoms with Crippen molar-refractivity contribution in [3.05, 3.63) is 58.6 Å². The van der Waals surface area contributed by atoms with Crippen LogP contribution in [0.5, 0.6) is 0 Å². The summed E-state index contributed by atoms with van der Waals surface area (Å²) in [7, 11) is 0. The molecule has 3 aliphatic heterocycles. The summed E-state index contributed by atoms with van der Waals surface area (Å²) in [6.07, 6.45) is 4.44. The first kappa shape index (κ1) is 19.9. The van der Waals surface area contributed by atoms with Gasteiger partial charge in [-0.3, -0.25) is 14.4 Å². The molecule has 3 heterocycles. The van der Waals surface area contributed by atoms with Crippen molar-refractivity contribution in [2.45, 2.75) is 26.8 Å². The van der Waals surface area contributed by atoms with Gasteiger partial charge >= 0.3 is 0 Å². The molecule has 1 aromatic carbocycles. The monoisotopic (exact) mass is 407 g/mol. The number of carbonyl (C=O) groups excluding carboxylic acids is 2. The van der Waals surface area contributed by atoms with E-state index in [4.69, 9.17) is 0 Å². The molecule has 8 heteroatoms. The zero-order valence-electron chi connectivity index (χ0n) is 17.2. The van der Waals surface area contributed by atoms with E-state index in [1.807, 2.05) is 41.8 Å². The molecule has 0 unspecified atom stereocenters. The van der Waals surface area contributed by atoms with Crippen LogP contribution in [0, 0.1) is 0 Å². The van der Waals surface area contributed by atoms with Crippen LogP contribution >= 0.6 is 0 Å². The number of nitrogens with zero attached hydrogens (tertiary/aromatic N) is 5. The zero-order valence-corrected chi connectivity index (χ0v) is 17.2. The number of pyridine rings is 1. The van der Waals surface area contributed by atoms with Crippen molar-refractivity contribution < 1.29 is 9.59 Å². The Kier molecular flexibility index (Phi) is 5.39. The Balaban J connectivity index is 1.76. The predicted octanol–water partition coefficient (Wildman–Crippen LogP) is 1.85. The Morgan fingerprint density at radius 3 is 2.30 bits per heavy atom. The molecular formula is C22H25N5O3. The third-order valence-electron chi connectivity index (χ3n) is 5.45. The van der Waals surface area contributed by atoms with E-state index < -0.39 is 0 Å². The van der Waals surface area contributed by atoms with Crippen LogP contribution in [-0.2, 0) is 11.3 Å². The molecule has 1 saturated heterocycles. The molecule has 30 heavy (non-hydrogen) atoms. The summed E-state index contributed by atoms with van der Waals surface area (Å²) in [5, 5.41) is 4.52. The maximum absolute atomic E-state index is 13.4. The minimum absolute atomic E-state index is 0.0163. The van der Waals surface area contributed by atoms with Crippen LogP contribution < -0.4 is 5.56 Å². The molecule has 0 aliphatic carbocycles. The molecule has 8 nitrogen and oxygen atoms in total. The summed E-state index contributed by atoms with van der Waals surface area (Å²) < 4.78 is 3.24. The SMILES string of the molecule is CCCn1cc(C(=O)N2CCN(C(C)=O)CC2)c2nn(-c3ccccc3)c(=O)c-2c1. The Morgan fingerprint density at radius 2 is 1.67 bits per heavy atom. The van der Waals surface area contributed by atoms with Gasteiger partial charge in [0.05, 0.1) is 16.8 Å². The van der Waals surface area contributed by atoms with Gasteiger partial charge in [0.25, 0.3) is 11.5 Å². The van der Waals surface area contributed by atoms with Crippen LogP contribution in [-0.4, -0.2) is 62.1 Å². The summed E-state index contributed by atoms with van der Waals surface area (Å²) in [5.74, 6) is -0.144. The molecule has 0 bridgehead atoms. The first-order chi connectivity index (χ1) is 14.5. The average Bonchev–Trinajstić information content (AvgIpc) is 3.10. The molecule has 156 valence electrons. The fourth-order valence-electron chi connectivity index (χ4n) is 3.84. The molecule has 0 atom stereocenters. The highest BCUT2D eigenvalue weighted by Crippen LogP contribution is 2.24. The van der Waals surface area contributed by atoms with Crippen LogP contribution in [0.25, 0.3) is 16.9 Å². The van der Waals surface area contributed by atoms with Crippen LogP contribution in [0.15, 0.2) is 47.5 Å². The number of amides is 2. The smallest absolute Gasteiger partial charge is 0.282 e. The second kappa shape index (κ2) is 8.14. The minimum atomic E-state index is -0.239. The van der Waals surface area contributed by atoms with Gasteiger partial charge in [-0.15, -0.1) is 0 Å². The van der Waals surface area contributed by atoms with Gasteiger partial charge in [0.15, 0.2) is 0 Å². The molecular weight excluding hydrogens is 382 g/mol. The van der Waals surface area contributed by atoms with Crippen LogP contribution in [0.4, 0.5) is 0 Å². The largest absolute Gasteiger partial charge is 0.353 e. The number of para-hydroxylation sites is 1. The van der Waals surface area contributed by atoms with Crippen LogP contribution in [0.3, 0.4) is 0 Å². The highest BCUT2D eigenvalue weighted by Gasteiger charge is 2.29. The standard InChI is InChI=1S/C22H25N5O3/c1-3-9-24-14-18(21(29)26-12-10-25(11-13-26)16(2)28)20-19(15-24)22(30)27(23-20)17-7-5-4-6-8-17/h4-8,14-15H,3,9-13H2,1-2H3. The molecule has 0 radical (unpaired) electrons. The van der Waals surface area contributed by atoms with Crippen LogP contribution in [0.2, 0.25) is 0 Å². The first-order valence-electron chi connectivity index (χ1n) is 10.2. The van der Waals surface area contributed by atoms with Crippen molar-refractivity contribution >= 4 is 11.8 Å². The molecule has 3 aliphatic rings. The number of hydrogen-bond donors (Lipinski definition) is 0. The molecule has 1 aromatic rings. The quantitative estimate of drug-likeness (QED) is 0.661. The van der Waals surface area contributed by atoms with Crippen molar-refractivity contribution in [1.29, 1.82) is 0 Å². The lowest BCUT2D eigenvalue weighted by atomic mass is 10.1. The van der Waals surface area contributed by atoms with Crippen molar-refractivity contribution in [3.8, 4) is 16.9 Å². The van der Waals surface area contributed by atoms with Crippen molar-refractivity contribution in [1.82, 2.24) is 24.1 Å². The molecule has 0 saturated carbocycles. The molecule has 4 rings (SSSR count). The molecule has 2 amide bonds. The lowest BCUT2D eigenvalue weighted by Gasteiger charge is -2.34. The molecule has 0 N–H and O–H groups in total. The van der Waals surface area contributed by atoms with E-state index >= 15 is 0 Å². The highest BCUT2D eigenvalue weighted by atomic mass is 16.2. The number of fused-ring (bicyclic) bond motifs is 1. The highest BCUT2D eigenvalue weighted by molar-refractivity contribution is 6.00. The van der Waals surface area contributed by atoms with Crippen molar-refractivity contribution in [3.63, 3.8) is 0 Å². The molecule has 0 aromatic heterocycles. The van der Waals surface area contributed by atoms with Gasteiger partial charge in [0, 0.05) is 52.0 Å². The number of benzene rings is 1. The van der Waals surface area contributed by atoms with Gasteiger partial charge < -0.3 is 14.4 Å². The van der Waals surface area contributed by atoms with Gasteiger partial charge in [0.2, 0.25) is 5.91 Å². The van der Waals surface area contributed by atoms with Gasteiger partial charge in [-0.25, -0.2) is 0 Å². The Morgan fingerprint density at radius 1 is 1.00 bits per heavy atom. The fourth-order valence-corrected chi connectivity index (χ4v) is 3.84. The predicted molar refractivity (Wildman–Crippen MR) is 113 cm³/mol. The lowest BCUT2D eigenvalue weighted by molar-refractivity contribution is -0.130. The Labute approximate surface area is 174 Å². The zero-order chi connectivity index (χ0) is 21.3. The van der Waals surface area contributed by atoms with E-state index in [1.54, 1.807) is 22.2 Å². The van der Waals surface area contributed by atoms with Gasteiger partial charge in [0.1, 0.15) is 5.69 Å². The van der Waals surface area contributed by atoms with E-state index in [1.165, 1.54) is 11.6 Å². The number of aryl methyl sites for hydroxylation is 1. The summed E-state index contributed by atoms with van der Waals surface area (Å²) in [6.45, 7) is 6.24. The van der Waals surface area contributed by atoms with E-state index in [0.717, 1.165) is 6.42 Å². The molecule has 0 spiro atoms. The third-order valence-corrected chi connectivity index (χ3v) is 5.45. The first-order valence-corrected chi connectivity index (χ1v) is 10.2. The third kappa shape index (κ3) is 3.60. The minimum Gasteiger partial charge on any atom is -0.353 e. The molecule has 1 fully saturated rings. The normalized spacial score (nSPS) is 14.3. The van der Waals surface area contributed by atoms with Crippen molar-refractivity contribution in [2.24, 2.45) is 0 Å². The summed E-state index contributed by atoms with van der Waals surface area (Å²) in [5.41, 5.74) is 1.69. The van der Waals surface area contributed by atoms with Crippen molar-refractivity contribution in [2.75, 3.05) is 26.2 Å².